The Morgan fingerprint density at radius 2 is 2.10 bits per heavy atom. The highest BCUT2D eigenvalue weighted by Crippen LogP contribution is 2.36. The lowest BCUT2D eigenvalue weighted by Gasteiger charge is -2.30. The minimum absolute atomic E-state index is 0.111. The topological polar surface area (TPSA) is 69.6 Å². The van der Waals surface area contributed by atoms with Crippen LogP contribution in [-0.4, -0.2) is 29.6 Å². The summed E-state index contributed by atoms with van der Waals surface area (Å²) in [5.41, 5.74) is -0.423. The predicted octanol–water partition coefficient (Wildman–Crippen LogP) is 1.42. The fraction of sp³-hybridized carbons (Fsp3) is 0.214. The van der Waals surface area contributed by atoms with Crippen molar-refractivity contribution in [1.29, 1.82) is 0 Å². The number of nitrogens with one attached hydrogen (secondary N) is 1. The van der Waals surface area contributed by atoms with E-state index in [4.69, 9.17) is 0 Å². The maximum absolute atomic E-state index is 13.5. The normalized spacial score (nSPS) is 20.4. The number of carbonyl (C=O) groups excluding carboxylic acids is 1. The molecule has 3 N–H and O–H groups in total. The molecule has 1 aromatic carbocycles. The molecule has 2 rings (SSSR count). The van der Waals surface area contributed by atoms with E-state index in [0.29, 0.717) is 6.42 Å². The SMILES string of the molecule is O=C(NCC1(B(O)O)C=CC=CC1)c1cc(F)ccc1F. The lowest BCUT2D eigenvalue weighted by atomic mass is 9.55. The van der Waals surface area contributed by atoms with E-state index in [9.17, 15) is 23.6 Å². The zero-order chi connectivity index (χ0) is 15.5. The summed E-state index contributed by atoms with van der Waals surface area (Å²) in [4.78, 5) is 11.9. The van der Waals surface area contributed by atoms with Crippen molar-refractivity contribution in [3.8, 4) is 0 Å². The van der Waals surface area contributed by atoms with Crippen LogP contribution in [0, 0.1) is 11.6 Å². The minimum Gasteiger partial charge on any atom is -0.426 e. The summed E-state index contributed by atoms with van der Waals surface area (Å²) < 4.78 is 26.5. The molecule has 1 aromatic rings. The van der Waals surface area contributed by atoms with Gasteiger partial charge in [0.1, 0.15) is 11.6 Å². The van der Waals surface area contributed by atoms with Crippen molar-refractivity contribution >= 4 is 13.0 Å². The number of amides is 1. The zero-order valence-corrected chi connectivity index (χ0v) is 11.1. The van der Waals surface area contributed by atoms with E-state index in [0.717, 1.165) is 18.2 Å². The molecule has 0 bridgehead atoms. The van der Waals surface area contributed by atoms with Gasteiger partial charge in [0.15, 0.2) is 0 Å². The van der Waals surface area contributed by atoms with Crippen molar-refractivity contribution in [2.45, 2.75) is 11.7 Å². The van der Waals surface area contributed by atoms with Gasteiger partial charge in [0.2, 0.25) is 0 Å². The van der Waals surface area contributed by atoms with Crippen molar-refractivity contribution < 1.29 is 23.6 Å². The van der Waals surface area contributed by atoms with E-state index in [1.807, 2.05) is 0 Å². The van der Waals surface area contributed by atoms with E-state index < -0.39 is 35.5 Å². The first-order valence-electron chi connectivity index (χ1n) is 6.38. The summed E-state index contributed by atoms with van der Waals surface area (Å²) in [6.45, 7) is -0.111. The molecule has 0 aromatic heterocycles. The van der Waals surface area contributed by atoms with Gasteiger partial charge in [-0.3, -0.25) is 4.79 Å². The second-order valence-corrected chi connectivity index (χ2v) is 4.91. The first-order valence-corrected chi connectivity index (χ1v) is 6.38. The monoisotopic (exact) mass is 293 g/mol. The average molecular weight is 293 g/mol. The van der Waals surface area contributed by atoms with Crippen LogP contribution >= 0.6 is 0 Å². The Bertz CT molecular complexity index is 604. The number of allylic oxidation sites excluding steroid dienone is 3. The molecule has 1 atom stereocenters. The first-order chi connectivity index (χ1) is 9.94. The van der Waals surface area contributed by atoms with Crippen LogP contribution in [-0.2, 0) is 0 Å². The highest BCUT2D eigenvalue weighted by Gasteiger charge is 2.40. The summed E-state index contributed by atoms with van der Waals surface area (Å²) in [6.07, 6.45) is 6.99. The predicted molar refractivity (Wildman–Crippen MR) is 74.5 cm³/mol. The van der Waals surface area contributed by atoms with Gasteiger partial charge in [-0.25, -0.2) is 8.78 Å². The van der Waals surface area contributed by atoms with Crippen molar-refractivity contribution in [1.82, 2.24) is 5.32 Å². The molecule has 0 saturated carbocycles. The average Bonchev–Trinajstić information content (AvgIpc) is 2.48. The first kappa shape index (κ1) is 15.4. The third-order valence-corrected chi connectivity index (χ3v) is 3.44. The Morgan fingerprint density at radius 3 is 2.71 bits per heavy atom. The molecule has 1 aliphatic rings. The van der Waals surface area contributed by atoms with Gasteiger partial charge < -0.3 is 15.4 Å². The second kappa shape index (κ2) is 6.20. The van der Waals surface area contributed by atoms with Crippen LogP contribution in [0.15, 0.2) is 42.5 Å². The molecular weight excluding hydrogens is 279 g/mol. The summed E-state index contributed by atoms with van der Waals surface area (Å²) in [6, 6.07) is 2.58. The lowest BCUT2D eigenvalue weighted by Crippen LogP contribution is -2.42. The largest absolute Gasteiger partial charge is 0.464 e. The molecule has 0 heterocycles. The number of rotatable bonds is 4. The van der Waals surface area contributed by atoms with Crippen molar-refractivity contribution in [2.24, 2.45) is 0 Å². The number of carbonyl (C=O) groups is 1. The van der Waals surface area contributed by atoms with Crippen molar-refractivity contribution in [2.75, 3.05) is 6.54 Å². The molecule has 0 fully saturated rings. The van der Waals surface area contributed by atoms with Crippen LogP contribution in [0.25, 0.3) is 0 Å². The Balaban J connectivity index is 2.11. The third-order valence-electron chi connectivity index (χ3n) is 3.44. The second-order valence-electron chi connectivity index (χ2n) is 4.91. The van der Waals surface area contributed by atoms with Crippen LogP contribution in [0.4, 0.5) is 8.78 Å². The molecule has 0 radical (unpaired) electrons. The zero-order valence-electron chi connectivity index (χ0n) is 11.1. The van der Waals surface area contributed by atoms with E-state index in [1.165, 1.54) is 0 Å². The Hall–Kier alpha value is -1.99. The highest BCUT2D eigenvalue weighted by atomic mass is 19.1. The van der Waals surface area contributed by atoms with Gasteiger partial charge in [0.05, 0.1) is 5.56 Å². The van der Waals surface area contributed by atoms with Crippen LogP contribution < -0.4 is 5.32 Å². The van der Waals surface area contributed by atoms with Gasteiger partial charge in [0.25, 0.3) is 5.91 Å². The number of hydrogen-bond acceptors (Lipinski definition) is 3. The van der Waals surface area contributed by atoms with Crippen molar-refractivity contribution in [3.63, 3.8) is 0 Å². The van der Waals surface area contributed by atoms with Gasteiger partial charge in [-0.2, -0.15) is 0 Å². The van der Waals surface area contributed by atoms with Gasteiger partial charge in [-0.15, -0.1) is 0 Å². The Morgan fingerprint density at radius 1 is 1.33 bits per heavy atom. The highest BCUT2D eigenvalue weighted by molar-refractivity contribution is 6.46. The molecule has 21 heavy (non-hydrogen) atoms. The number of hydrogen-bond donors (Lipinski definition) is 3. The molecule has 0 spiro atoms. The summed E-state index contributed by atoms with van der Waals surface area (Å²) >= 11 is 0. The van der Waals surface area contributed by atoms with Crippen molar-refractivity contribution in [3.05, 3.63) is 59.7 Å². The van der Waals surface area contributed by atoms with E-state index in [-0.39, 0.29) is 6.54 Å². The van der Waals surface area contributed by atoms with Gasteiger partial charge >= 0.3 is 7.12 Å². The molecule has 1 amide bonds. The smallest absolute Gasteiger partial charge is 0.426 e. The van der Waals surface area contributed by atoms with E-state index in [2.05, 4.69) is 5.32 Å². The molecule has 110 valence electrons. The van der Waals surface area contributed by atoms with Gasteiger partial charge in [0, 0.05) is 11.9 Å². The summed E-state index contributed by atoms with van der Waals surface area (Å²) in [7, 11) is -1.68. The minimum atomic E-state index is -1.68. The van der Waals surface area contributed by atoms with Crippen LogP contribution in [0.3, 0.4) is 0 Å². The van der Waals surface area contributed by atoms with Gasteiger partial charge in [-0.05, 0) is 24.6 Å². The molecule has 1 aliphatic carbocycles. The lowest BCUT2D eigenvalue weighted by molar-refractivity contribution is 0.0944. The molecule has 0 saturated heterocycles. The number of halogens is 2. The maximum Gasteiger partial charge on any atom is 0.464 e. The molecule has 1 unspecified atom stereocenters. The fourth-order valence-corrected chi connectivity index (χ4v) is 2.11. The molecule has 4 nitrogen and oxygen atoms in total. The van der Waals surface area contributed by atoms with E-state index >= 15 is 0 Å². The summed E-state index contributed by atoms with van der Waals surface area (Å²) in [5.74, 6) is -2.37. The van der Waals surface area contributed by atoms with Gasteiger partial charge in [-0.1, -0.05) is 24.3 Å². The fourth-order valence-electron chi connectivity index (χ4n) is 2.11. The molecule has 7 heteroatoms. The summed E-state index contributed by atoms with van der Waals surface area (Å²) in [5, 5.41) is 20.3. The maximum atomic E-state index is 13.5. The van der Waals surface area contributed by atoms with Crippen LogP contribution in [0.1, 0.15) is 16.8 Å². The number of benzene rings is 1. The quantitative estimate of drug-likeness (QED) is 0.735. The Labute approximate surface area is 120 Å². The third kappa shape index (κ3) is 3.37. The Kier molecular flexibility index (Phi) is 4.54. The molecule has 0 aliphatic heterocycles. The standard InChI is InChI=1S/C14H14BF2NO3/c16-10-4-5-12(17)11(8-10)13(19)18-9-14(15(20)21)6-2-1-3-7-14/h1-6,8,20-21H,7,9H2,(H,18,19). The van der Waals surface area contributed by atoms with E-state index in [1.54, 1.807) is 24.3 Å². The van der Waals surface area contributed by atoms with Crippen LogP contribution in [0.2, 0.25) is 5.31 Å². The molecular formula is C14H14BF2NO3. The van der Waals surface area contributed by atoms with Crippen LogP contribution in [0.5, 0.6) is 0 Å².